The maximum Gasteiger partial charge on any atom is 0.229 e. The van der Waals surface area contributed by atoms with Crippen LogP contribution in [0.4, 0.5) is 9.52 Å². The average Bonchev–Trinajstić information content (AvgIpc) is 3.03. The number of rotatable bonds is 7. The second-order valence-electron chi connectivity index (χ2n) is 6.60. The smallest absolute Gasteiger partial charge is 0.229 e. The number of hydrogen-bond donors (Lipinski definition) is 1. The number of anilines is 1. The lowest BCUT2D eigenvalue weighted by Gasteiger charge is -2.20. The zero-order valence-corrected chi connectivity index (χ0v) is 15.9. The van der Waals surface area contributed by atoms with E-state index in [1.165, 1.54) is 28.4 Å². The van der Waals surface area contributed by atoms with Gasteiger partial charge in [0.25, 0.3) is 0 Å². The van der Waals surface area contributed by atoms with Gasteiger partial charge in [-0.15, -0.1) is 0 Å². The van der Waals surface area contributed by atoms with E-state index in [0.29, 0.717) is 24.5 Å². The minimum absolute atomic E-state index is 0.0506. The predicted octanol–water partition coefficient (Wildman–Crippen LogP) is 2.55. The van der Waals surface area contributed by atoms with Gasteiger partial charge in [0.05, 0.1) is 37.4 Å². The van der Waals surface area contributed by atoms with Crippen molar-refractivity contribution in [3.63, 3.8) is 0 Å². The van der Waals surface area contributed by atoms with Crippen molar-refractivity contribution in [1.29, 1.82) is 0 Å². The molecule has 2 aromatic carbocycles. The largest absolute Gasteiger partial charge is 0.338 e. The summed E-state index contributed by atoms with van der Waals surface area (Å²) in [5.41, 5.74) is 1.87. The van der Waals surface area contributed by atoms with E-state index in [1.807, 2.05) is 30.3 Å². The van der Waals surface area contributed by atoms with Gasteiger partial charge in [0, 0.05) is 6.42 Å². The number of carbonyl (C=O) groups is 1. The van der Waals surface area contributed by atoms with Crippen molar-refractivity contribution in [2.24, 2.45) is 0 Å². The molecule has 0 spiro atoms. The Hall–Kier alpha value is -2.31. The molecule has 0 fully saturated rings. The Balaban J connectivity index is 1.79. The van der Waals surface area contributed by atoms with Crippen molar-refractivity contribution in [3.8, 4) is 0 Å². The average molecular weight is 372 g/mol. The van der Waals surface area contributed by atoms with Gasteiger partial charge in [0.15, 0.2) is 5.13 Å². The van der Waals surface area contributed by atoms with Crippen LogP contribution >= 0.6 is 11.3 Å². The number of nitrogens with one attached hydrogen (secondary N) is 1. The molecule has 0 saturated heterocycles. The molecule has 4 nitrogen and oxygen atoms in total. The first-order chi connectivity index (χ1) is 12.5. The summed E-state index contributed by atoms with van der Waals surface area (Å²) in [6.07, 6.45) is 1.13. The van der Waals surface area contributed by atoms with Gasteiger partial charge in [-0.05, 0) is 30.2 Å². The molecule has 1 N–H and O–H groups in total. The highest BCUT2D eigenvalue weighted by Gasteiger charge is 2.20. The summed E-state index contributed by atoms with van der Waals surface area (Å²) in [4.78, 5) is 20.4. The van der Waals surface area contributed by atoms with Gasteiger partial charge in [0.1, 0.15) is 5.82 Å². The van der Waals surface area contributed by atoms with E-state index >= 15 is 0 Å². The molecule has 1 heterocycles. The standard InChI is InChI=1S/C20H22FN3OS/c1-23(2)12-13-24(19(25)11-8-15-6-4-3-5-7-15)20-22-17-10-9-16(21)14-18(17)26-20/h3-7,9-10,14H,8,11-13H2,1-2H3/p+1. The lowest BCUT2D eigenvalue weighted by atomic mass is 10.1. The van der Waals surface area contributed by atoms with Crippen LogP contribution in [0.2, 0.25) is 0 Å². The minimum atomic E-state index is -0.285. The maximum absolute atomic E-state index is 13.5. The van der Waals surface area contributed by atoms with Crippen molar-refractivity contribution >= 4 is 32.6 Å². The number of likely N-dealkylation sites (N-methyl/N-ethyl adjacent to an activating group) is 1. The number of halogens is 1. The second-order valence-corrected chi connectivity index (χ2v) is 7.61. The number of quaternary nitrogens is 1. The minimum Gasteiger partial charge on any atom is -0.338 e. The van der Waals surface area contributed by atoms with E-state index in [0.717, 1.165) is 22.3 Å². The van der Waals surface area contributed by atoms with Gasteiger partial charge in [-0.2, -0.15) is 0 Å². The molecule has 0 aliphatic heterocycles. The fourth-order valence-electron chi connectivity index (χ4n) is 2.70. The van der Waals surface area contributed by atoms with Crippen LogP contribution in [-0.2, 0) is 11.2 Å². The summed E-state index contributed by atoms with van der Waals surface area (Å²) in [6.45, 7) is 1.42. The Morgan fingerprint density at radius 3 is 2.69 bits per heavy atom. The first kappa shape index (κ1) is 18.5. The van der Waals surface area contributed by atoms with Crippen LogP contribution in [0.5, 0.6) is 0 Å². The zero-order valence-electron chi connectivity index (χ0n) is 15.0. The van der Waals surface area contributed by atoms with Crippen molar-refractivity contribution in [2.45, 2.75) is 12.8 Å². The monoisotopic (exact) mass is 372 g/mol. The van der Waals surface area contributed by atoms with Crippen LogP contribution < -0.4 is 9.80 Å². The third-order valence-corrected chi connectivity index (χ3v) is 5.22. The maximum atomic E-state index is 13.5. The summed E-state index contributed by atoms with van der Waals surface area (Å²) in [5.74, 6) is -0.234. The highest BCUT2D eigenvalue weighted by atomic mass is 32.1. The Morgan fingerprint density at radius 2 is 1.96 bits per heavy atom. The fraction of sp³-hybridized carbons (Fsp3) is 0.300. The Morgan fingerprint density at radius 1 is 1.19 bits per heavy atom. The summed E-state index contributed by atoms with van der Waals surface area (Å²) in [5, 5.41) is 0.643. The van der Waals surface area contributed by atoms with Crippen molar-refractivity contribution < 1.29 is 14.1 Å². The molecule has 0 bridgehead atoms. The molecule has 0 aliphatic carbocycles. The molecule has 1 amide bonds. The molecule has 3 rings (SSSR count). The van der Waals surface area contributed by atoms with E-state index < -0.39 is 0 Å². The molecule has 0 aliphatic rings. The molecule has 1 aromatic heterocycles. The van der Waals surface area contributed by atoms with Crippen molar-refractivity contribution in [2.75, 3.05) is 32.1 Å². The lowest BCUT2D eigenvalue weighted by molar-refractivity contribution is -0.856. The predicted molar refractivity (Wildman–Crippen MR) is 104 cm³/mol. The zero-order chi connectivity index (χ0) is 18.5. The van der Waals surface area contributed by atoms with Crippen LogP contribution in [-0.4, -0.2) is 38.1 Å². The SMILES string of the molecule is C[NH+](C)CCN(C(=O)CCc1ccccc1)c1nc2ccc(F)cc2s1. The number of aryl methyl sites for hydroxylation is 1. The molecule has 0 unspecified atom stereocenters. The summed E-state index contributed by atoms with van der Waals surface area (Å²) >= 11 is 1.37. The van der Waals surface area contributed by atoms with Gasteiger partial charge >= 0.3 is 0 Å². The topological polar surface area (TPSA) is 37.6 Å². The molecule has 26 heavy (non-hydrogen) atoms. The number of fused-ring (bicyclic) bond motifs is 1. The van der Waals surface area contributed by atoms with E-state index in [9.17, 15) is 9.18 Å². The van der Waals surface area contributed by atoms with Gasteiger partial charge in [-0.1, -0.05) is 41.7 Å². The second kappa shape index (κ2) is 8.38. The lowest BCUT2D eigenvalue weighted by Crippen LogP contribution is -3.06. The Kier molecular flexibility index (Phi) is 5.96. The number of amides is 1. The summed E-state index contributed by atoms with van der Waals surface area (Å²) in [7, 11) is 4.11. The molecule has 6 heteroatoms. The van der Waals surface area contributed by atoms with Gasteiger partial charge in [-0.3, -0.25) is 9.69 Å². The fourth-order valence-corrected chi connectivity index (χ4v) is 3.73. The highest BCUT2D eigenvalue weighted by Crippen LogP contribution is 2.29. The number of nitrogens with zero attached hydrogens (tertiary/aromatic N) is 2. The number of thiazole rings is 1. The van der Waals surface area contributed by atoms with Crippen LogP contribution in [0.1, 0.15) is 12.0 Å². The summed E-state index contributed by atoms with van der Waals surface area (Å²) < 4.78 is 14.2. The van der Waals surface area contributed by atoms with Gasteiger partial charge in [-0.25, -0.2) is 9.37 Å². The van der Waals surface area contributed by atoms with E-state index in [1.54, 1.807) is 11.0 Å². The number of benzene rings is 2. The van der Waals surface area contributed by atoms with E-state index in [2.05, 4.69) is 19.1 Å². The quantitative estimate of drug-likeness (QED) is 0.692. The molecular formula is C20H23FN3OS+. The van der Waals surface area contributed by atoms with E-state index in [-0.39, 0.29) is 11.7 Å². The molecule has 0 saturated carbocycles. The van der Waals surface area contributed by atoms with Crippen LogP contribution in [0.15, 0.2) is 48.5 Å². The third-order valence-electron chi connectivity index (χ3n) is 4.18. The van der Waals surface area contributed by atoms with E-state index in [4.69, 9.17) is 0 Å². The highest BCUT2D eigenvalue weighted by molar-refractivity contribution is 7.22. The first-order valence-corrected chi connectivity index (χ1v) is 9.54. The molecule has 136 valence electrons. The number of hydrogen-bond acceptors (Lipinski definition) is 3. The van der Waals surface area contributed by atoms with Crippen LogP contribution in [0.25, 0.3) is 10.2 Å². The Labute approximate surface area is 156 Å². The summed E-state index contributed by atoms with van der Waals surface area (Å²) in [6, 6.07) is 14.5. The number of aromatic nitrogens is 1. The molecule has 3 aromatic rings. The molecular weight excluding hydrogens is 349 g/mol. The van der Waals surface area contributed by atoms with Crippen molar-refractivity contribution in [1.82, 2.24) is 4.98 Å². The normalized spacial score (nSPS) is 11.2. The third kappa shape index (κ3) is 4.65. The number of carbonyl (C=O) groups excluding carboxylic acids is 1. The first-order valence-electron chi connectivity index (χ1n) is 8.72. The van der Waals surface area contributed by atoms with Crippen LogP contribution in [0.3, 0.4) is 0 Å². The van der Waals surface area contributed by atoms with Gasteiger partial charge in [0.2, 0.25) is 5.91 Å². The van der Waals surface area contributed by atoms with Crippen molar-refractivity contribution in [3.05, 3.63) is 59.9 Å². The van der Waals surface area contributed by atoms with Gasteiger partial charge < -0.3 is 4.90 Å². The Bertz CT molecular complexity index is 879. The molecule has 0 radical (unpaired) electrons. The molecule has 0 atom stereocenters. The van der Waals surface area contributed by atoms with Crippen LogP contribution in [0, 0.1) is 5.82 Å².